The smallest absolute Gasteiger partial charge is 0.310 e. The molecule has 1 aliphatic carbocycles. The second kappa shape index (κ2) is 3.56. The molecule has 0 aromatic rings. The van der Waals surface area contributed by atoms with Crippen molar-refractivity contribution in [1.29, 1.82) is 0 Å². The van der Waals surface area contributed by atoms with Gasteiger partial charge in [-0.05, 0) is 32.6 Å². The fourth-order valence-electron chi connectivity index (χ4n) is 1.41. The molecule has 0 spiro atoms. The van der Waals surface area contributed by atoms with Crippen molar-refractivity contribution in [3.8, 4) is 0 Å². The summed E-state index contributed by atoms with van der Waals surface area (Å²) >= 11 is 0. The molecule has 0 heterocycles. The minimum Gasteiger partial charge on any atom is -0.481 e. The van der Waals surface area contributed by atoms with Crippen LogP contribution >= 0.6 is 0 Å². The maximum atomic E-state index is 10.6. The summed E-state index contributed by atoms with van der Waals surface area (Å²) < 4.78 is 0. The summed E-state index contributed by atoms with van der Waals surface area (Å²) in [5, 5.41) is 8.69. The molecule has 0 saturated carbocycles. The van der Waals surface area contributed by atoms with E-state index in [1.165, 1.54) is 6.42 Å². The lowest BCUT2D eigenvalue weighted by Crippen LogP contribution is -2.13. The minimum atomic E-state index is -0.696. The Kier molecular flexibility index (Phi) is 2.69. The predicted molar refractivity (Wildman–Crippen MR) is 43.4 cm³/mol. The Bertz CT molecular complexity index is 182. The lowest BCUT2D eigenvalue weighted by atomic mass is 9.90. The Hall–Kier alpha value is -0.790. The Morgan fingerprint density at radius 1 is 1.64 bits per heavy atom. The number of hydrogen-bond donors (Lipinski definition) is 1. The molecular formula is C9H14O2. The minimum absolute atomic E-state index is 0.268. The van der Waals surface area contributed by atoms with Gasteiger partial charge in [0.15, 0.2) is 0 Å². The fourth-order valence-corrected chi connectivity index (χ4v) is 1.41. The van der Waals surface area contributed by atoms with Crippen LogP contribution in [-0.2, 0) is 4.79 Å². The quantitative estimate of drug-likeness (QED) is 0.619. The van der Waals surface area contributed by atoms with Gasteiger partial charge in [-0.1, -0.05) is 11.6 Å². The first-order valence-corrected chi connectivity index (χ1v) is 4.13. The molecule has 0 aromatic carbocycles. The number of carboxylic acids is 1. The third-order valence-corrected chi connectivity index (χ3v) is 2.25. The van der Waals surface area contributed by atoms with Crippen molar-refractivity contribution < 1.29 is 9.90 Å². The Labute approximate surface area is 66.9 Å². The van der Waals surface area contributed by atoms with Crippen molar-refractivity contribution in [2.75, 3.05) is 0 Å². The fraction of sp³-hybridized carbons (Fsp3) is 0.667. The number of hydrogen-bond acceptors (Lipinski definition) is 1. The molecule has 0 amide bonds. The molecule has 0 aromatic heterocycles. The highest BCUT2D eigenvalue weighted by Crippen LogP contribution is 2.23. The molecule has 0 fully saturated rings. The van der Waals surface area contributed by atoms with Crippen LogP contribution < -0.4 is 0 Å². The molecule has 2 heteroatoms. The Morgan fingerprint density at radius 3 is 2.82 bits per heavy atom. The number of aliphatic carboxylic acids is 1. The van der Waals surface area contributed by atoms with Gasteiger partial charge in [0, 0.05) is 0 Å². The van der Waals surface area contributed by atoms with Crippen LogP contribution in [0.5, 0.6) is 0 Å². The zero-order valence-corrected chi connectivity index (χ0v) is 6.84. The molecule has 2 nitrogen and oxygen atoms in total. The van der Waals surface area contributed by atoms with Crippen LogP contribution in [0.3, 0.4) is 0 Å². The number of carbonyl (C=O) groups is 1. The zero-order chi connectivity index (χ0) is 8.27. The maximum absolute atomic E-state index is 10.6. The molecule has 1 aliphatic rings. The largest absolute Gasteiger partial charge is 0.481 e. The summed E-state index contributed by atoms with van der Waals surface area (Å²) in [5.41, 5.74) is 1.11. The maximum Gasteiger partial charge on any atom is 0.310 e. The first kappa shape index (κ1) is 8.31. The second-order valence-electron chi connectivity index (χ2n) is 3.08. The van der Waals surface area contributed by atoms with Gasteiger partial charge in [-0.3, -0.25) is 4.79 Å². The summed E-state index contributed by atoms with van der Waals surface area (Å²) in [6, 6.07) is 0. The van der Waals surface area contributed by atoms with Crippen LogP contribution in [-0.4, -0.2) is 11.1 Å². The van der Waals surface area contributed by atoms with E-state index in [-0.39, 0.29) is 5.92 Å². The third-order valence-electron chi connectivity index (χ3n) is 2.25. The average molecular weight is 154 g/mol. The number of rotatable bonds is 2. The van der Waals surface area contributed by atoms with E-state index in [0.717, 1.165) is 24.8 Å². The van der Waals surface area contributed by atoms with Gasteiger partial charge in [-0.2, -0.15) is 0 Å². The summed E-state index contributed by atoms with van der Waals surface area (Å²) in [7, 11) is 0. The highest BCUT2D eigenvalue weighted by molar-refractivity contribution is 5.73. The molecule has 1 atom stereocenters. The number of allylic oxidation sites excluding steroid dienone is 1. The highest BCUT2D eigenvalue weighted by Gasteiger charge is 2.17. The molecule has 0 unspecified atom stereocenters. The monoisotopic (exact) mass is 154 g/mol. The zero-order valence-electron chi connectivity index (χ0n) is 6.84. The van der Waals surface area contributed by atoms with Gasteiger partial charge in [0.2, 0.25) is 0 Å². The van der Waals surface area contributed by atoms with Crippen molar-refractivity contribution in [1.82, 2.24) is 0 Å². The lowest BCUT2D eigenvalue weighted by Gasteiger charge is -2.15. The summed E-state index contributed by atoms with van der Waals surface area (Å²) in [6.45, 7) is 1.76. The standard InChI is InChI=1S/C9H14O2/c1-7(9(10)11)8-5-3-2-4-6-8/h5,7H,2-4,6H2,1H3,(H,10,11)/t7-/m1/s1. The van der Waals surface area contributed by atoms with Gasteiger partial charge in [0.05, 0.1) is 5.92 Å². The van der Waals surface area contributed by atoms with Gasteiger partial charge in [-0.25, -0.2) is 0 Å². The molecule has 1 rings (SSSR count). The van der Waals surface area contributed by atoms with E-state index < -0.39 is 5.97 Å². The van der Waals surface area contributed by atoms with Crippen LogP contribution in [0.4, 0.5) is 0 Å². The normalized spacial score (nSPS) is 20.6. The molecule has 0 bridgehead atoms. The van der Waals surface area contributed by atoms with E-state index in [1.807, 2.05) is 0 Å². The first-order valence-electron chi connectivity index (χ1n) is 4.13. The SMILES string of the molecule is C[C@@H](C(=O)O)C1=CCCCC1. The highest BCUT2D eigenvalue weighted by atomic mass is 16.4. The predicted octanol–water partition coefficient (Wildman–Crippen LogP) is 2.21. The van der Waals surface area contributed by atoms with Crippen molar-refractivity contribution in [3.63, 3.8) is 0 Å². The average Bonchev–Trinajstić information content (AvgIpc) is 2.05. The van der Waals surface area contributed by atoms with E-state index in [0.29, 0.717) is 0 Å². The van der Waals surface area contributed by atoms with Crippen molar-refractivity contribution in [3.05, 3.63) is 11.6 Å². The third kappa shape index (κ3) is 2.07. The van der Waals surface area contributed by atoms with Crippen LogP contribution in [0, 0.1) is 5.92 Å². The van der Waals surface area contributed by atoms with Gasteiger partial charge >= 0.3 is 5.97 Å². The van der Waals surface area contributed by atoms with E-state index in [1.54, 1.807) is 6.92 Å². The second-order valence-corrected chi connectivity index (χ2v) is 3.08. The van der Waals surface area contributed by atoms with Crippen molar-refractivity contribution in [2.24, 2.45) is 5.92 Å². The van der Waals surface area contributed by atoms with Crippen LogP contribution in [0.25, 0.3) is 0 Å². The Balaban J connectivity index is 2.58. The molecule has 11 heavy (non-hydrogen) atoms. The summed E-state index contributed by atoms with van der Waals surface area (Å²) in [4.78, 5) is 10.6. The van der Waals surface area contributed by atoms with Crippen LogP contribution in [0.15, 0.2) is 11.6 Å². The van der Waals surface area contributed by atoms with E-state index in [9.17, 15) is 4.79 Å². The Morgan fingerprint density at radius 2 is 2.36 bits per heavy atom. The van der Waals surface area contributed by atoms with Crippen molar-refractivity contribution in [2.45, 2.75) is 32.6 Å². The van der Waals surface area contributed by atoms with E-state index in [4.69, 9.17) is 5.11 Å². The molecular weight excluding hydrogens is 140 g/mol. The molecule has 1 N–H and O–H groups in total. The van der Waals surface area contributed by atoms with E-state index >= 15 is 0 Å². The van der Waals surface area contributed by atoms with Crippen molar-refractivity contribution >= 4 is 5.97 Å². The lowest BCUT2D eigenvalue weighted by molar-refractivity contribution is -0.139. The van der Waals surface area contributed by atoms with Gasteiger partial charge < -0.3 is 5.11 Å². The first-order chi connectivity index (χ1) is 5.22. The topological polar surface area (TPSA) is 37.3 Å². The van der Waals surface area contributed by atoms with E-state index in [2.05, 4.69) is 6.08 Å². The molecule has 0 radical (unpaired) electrons. The van der Waals surface area contributed by atoms with Crippen LogP contribution in [0.2, 0.25) is 0 Å². The molecule has 62 valence electrons. The van der Waals surface area contributed by atoms with Gasteiger partial charge in [0.25, 0.3) is 0 Å². The van der Waals surface area contributed by atoms with Crippen LogP contribution in [0.1, 0.15) is 32.6 Å². The van der Waals surface area contributed by atoms with Gasteiger partial charge in [-0.15, -0.1) is 0 Å². The number of carboxylic acid groups (broad SMARTS) is 1. The summed E-state index contributed by atoms with van der Waals surface area (Å²) in [6.07, 6.45) is 6.50. The van der Waals surface area contributed by atoms with Gasteiger partial charge in [0.1, 0.15) is 0 Å². The summed E-state index contributed by atoms with van der Waals surface area (Å²) in [5.74, 6) is -0.964. The molecule has 0 aliphatic heterocycles. The molecule has 0 saturated heterocycles.